The molecule has 8 nitrogen and oxygen atoms in total. The van der Waals surface area contributed by atoms with Gasteiger partial charge < -0.3 is 19.3 Å². The summed E-state index contributed by atoms with van der Waals surface area (Å²) >= 11 is 0.951. The molecular formula is C12H13N3O5S. The third kappa shape index (κ3) is 3.19. The van der Waals surface area contributed by atoms with Crippen LogP contribution in [-0.2, 0) is 4.79 Å². The molecule has 2 heterocycles. The van der Waals surface area contributed by atoms with E-state index in [0.29, 0.717) is 11.5 Å². The van der Waals surface area contributed by atoms with Gasteiger partial charge in [-0.2, -0.15) is 4.37 Å². The number of carboxylic acid groups (broad SMARTS) is 1. The number of likely N-dealkylation sites (N-methyl/N-ethyl adjacent to an activating group) is 1. The van der Waals surface area contributed by atoms with Crippen LogP contribution in [-0.4, -0.2) is 40.2 Å². The molecule has 0 atom stereocenters. The lowest BCUT2D eigenvalue weighted by molar-refractivity contribution is -0.120. The molecule has 9 heteroatoms. The Hall–Kier alpha value is -2.42. The van der Waals surface area contributed by atoms with E-state index in [2.05, 4.69) is 9.53 Å². The van der Waals surface area contributed by atoms with E-state index in [4.69, 9.17) is 14.4 Å². The first kappa shape index (κ1) is 15.0. The second-order valence-corrected chi connectivity index (χ2v) is 5.02. The number of anilines is 1. The Morgan fingerprint density at radius 3 is 2.76 bits per heavy atom. The molecule has 0 aliphatic carbocycles. The second kappa shape index (κ2) is 5.92. The first-order chi connectivity index (χ1) is 9.90. The predicted octanol–water partition coefficient (Wildman–Crippen LogP) is 1.49. The van der Waals surface area contributed by atoms with Crippen molar-refractivity contribution in [3.63, 3.8) is 0 Å². The van der Waals surface area contributed by atoms with E-state index in [1.807, 2.05) is 0 Å². The lowest BCUT2D eigenvalue weighted by Crippen LogP contribution is -2.31. The van der Waals surface area contributed by atoms with E-state index in [1.165, 1.54) is 11.9 Å². The van der Waals surface area contributed by atoms with Crippen LogP contribution in [0.15, 0.2) is 10.6 Å². The zero-order chi connectivity index (χ0) is 15.6. The van der Waals surface area contributed by atoms with Gasteiger partial charge in [-0.3, -0.25) is 4.79 Å². The topological polar surface area (TPSA) is 106 Å². The number of hydrogen-bond acceptors (Lipinski definition) is 7. The fourth-order valence-electron chi connectivity index (χ4n) is 1.59. The maximum atomic E-state index is 12.0. The highest BCUT2D eigenvalue weighted by Crippen LogP contribution is 2.27. The van der Waals surface area contributed by atoms with Gasteiger partial charge in [-0.15, -0.1) is 0 Å². The van der Waals surface area contributed by atoms with Crippen LogP contribution >= 0.6 is 11.5 Å². The molecule has 0 fully saturated rings. The summed E-state index contributed by atoms with van der Waals surface area (Å²) in [5.41, 5.74) is 0.392. The third-order valence-corrected chi connectivity index (χ3v) is 3.70. The summed E-state index contributed by atoms with van der Waals surface area (Å²) in [6.45, 7) is 3.00. The molecule has 0 aliphatic heterocycles. The van der Waals surface area contributed by atoms with Gasteiger partial charge in [-0.1, -0.05) is 0 Å². The molecule has 2 aromatic rings. The quantitative estimate of drug-likeness (QED) is 0.891. The summed E-state index contributed by atoms with van der Waals surface area (Å²) in [7, 11) is 1.47. The van der Waals surface area contributed by atoms with Crippen molar-refractivity contribution in [2.24, 2.45) is 0 Å². The van der Waals surface area contributed by atoms with Crippen molar-refractivity contribution in [1.82, 2.24) is 9.53 Å². The molecule has 0 saturated heterocycles. The van der Waals surface area contributed by atoms with Crippen molar-refractivity contribution >= 4 is 28.4 Å². The van der Waals surface area contributed by atoms with Crippen molar-refractivity contribution in [2.75, 3.05) is 18.6 Å². The van der Waals surface area contributed by atoms with Crippen molar-refractivity contribution < 1.29 is 24.0 Å². The minimum absolute atomic E-state index is 0.0214. The normalized spacial score (nSPS) is 10.4. The van der Waals surface area contributed by atoms with Gasteiger partial charge >= 0.3 is 5.97 Å². The molecule has 0 radical (unpaired) electrons. The fourth-order valence-corrected chi connectivity index (χ4v) is 2.46. The number of carbonyl (C=O) groups excluding carboxylic acids is 1. The Balaban J connectivity index is 2.07. The van der Waals surface area contributed by atoms with E-state index in [0.717, 1.165) is 11.5 Å². The molecular weight excluding hydrogens is 298 g/mol. The zero-order valence-electron chi connectivity index (χ0n) is 11.6. The maximum absolute atomic E-state index is 12.0. The number of carboxylic acids is 1. The first-order valence-electron chi connectivity index (χ1n) is 5.92. The van der Waals surface area contributed by atoms with Gasteiger partial charge in [0.2, 0.25) is 0 Å². The number of amides is 1. The maximum Gasteiger partial charge on any atom is 0.340 e. The number of hydrogen-bond donors (Lipinski definition) is 1. The monoisotopic (exact) mass is 311 g/mol. The van der Waals surface area contributed by atoms with E-state index < -0.39 is 11.9 Å². The summed E-state index contributed by atoms with van der Waals surface area (Å²) < 4.78 is 14.0. The number of ether oxygens (including phenoxy) is 1. The minimum atomic E-state index is -1.12. The molecule has 0 aromatic carbocycles. The lowest BCUT2D eigenvalue weighted by Gasteiger charge is -2.15. The van der Waals surface area contributed by atoms with E-state index >= 15 is 0 Å². The van der Waals surface area contributed by atoms with E-state index in [1.54, 1.807) is 19.9 Å². The van der Waals surface area contributed by atoms with Gasteiger partial charge in [-0.25, -0.2) is 4.79 Å². The number of aryl methyl sites for hydroxylation is 2. The molecule has 2 aromatic heterocycles. The van der Waals surface area contributed by atoms with Crippen LogP contribution in [0.1, 0.15) is 21.8 Å². The second-order valence-electron chi connectivity index (χ2n) is 4.27. The van der Waals surface area contributed by atoms with Crippen LogP contribution in [0.2, 0.25) is 0 Å². The smallest absolute Gasteiger partial charge is 0.340 e. The average Bonchev–Trinajstić information content (AvgIpc) is 3.01. The Morgan fingerprint density at radius 1 is 1.48 bits per heavy atom. The third-order valence-electron chi connectivity index (χ3n) is 2.69. The van der Waals surface area contributed by atoms with Crippen molar-refractivity contribution in [3.05, 3.63) is 23.1 Å². The Morgan fingerprint density at radius 2 is 2.19 bits per heavy atom. The molecule has 2 rings (SSSR count). The highest BCUT2D eigenvalue weighted by Gasteiger charge is 2.24. The molecule has 0 saturated carbocycles. The summed E-state index contributed by atoms with van der Waals surface area (Å²) in [6.07, 6.45) is 0. The Bertz CT molecular complexity index is 678. The van der Waals surface area contributed by atoms with Crippen LogP contribution in [0.3, 0.4) is 0 Å². The molecule has 1 amide bonds. The Kier molecular flexibility index (Phi) is 4.22. The van der Waals surface area contributed by atoms with Gasteiger partial charge in [0.15, 0.2) is 6.61 Å². The van der Waals surface area contributed by atoms with Gasteiger partial charge in [-0.05, 0) is 30.5 Å². The summed E-state index contributed by atoms with van der Waals surface area (Å²) in [5.74, 6) is -0.768. The van der Waals surface area contributed by atoms with Crippen LogP contribution in [0.5, 0.6) is 5.88 Å². The van der Waals surface area contributed by atoms with E-state index in [9.17, 15) is 9.59 Å². The number of rotatable bonds is 5. The first-order valence-corrected chi connectivity index (χ1v) is 6.69. The van der Waals surface area contributed by atoms with Crippen LogP contribution in [0.4, 0.5) is 5.00 Å². The molecule has 0 aliphatic rings. The SMILES string of the molecule is Cc1cc(OCC(=O)N(C)c2snc(C)c2C(=O)O)no1. The highest BCUT2D eigenvalue weighted by atomic mass is 32.1. The van der Waals surface area contributed by atoms with Crippen molar-refractivity contribution in [3.8, 4) is 5.88 Å². The molecule has 1 N–H and O–H groups in total. The Labute approximate surface area is 124 Å². The number of aromatic nitrogens is 2. The highest BCUT2D eigenvalue weighted by molar-refractivity contribution is 7.11. The van der Waals surface area contributed by atoms with Gasteiger partial charge in [0.25, 0.3) is 11.8 Å². The van der Waals surface area contributed by atoms with Crippen molar-refractivity contribution in [2.45, 2.75) is 13.8 Å². The molecule has 0 unspecified atom stereocenters. The summed E-state index contributed by atoms with van der Waals surface area (Å²) in [5, 5.41) is 13.0. The number of nitrogens with zero attached hydrogens (tertiary/aromatic N) is 3. The van der Waals surface area contributed by atoms with Crippen LogP contribution in [0, 0.1) is 13.8 Å². The number of carbonyl (C=O) groups is 2. The lowest BCUT2D eigenvalue weighted by atomic mass is 10.2. The van der Waals surface area contributed by atoms with Gasteiger partial charge in [0, 0.05) is 13.1 Å². The largest absolute Gasteiger partial charge is 0.478 e. The average molecular weight is 311 g/mol. The van der Waals surface area contributed by atoms with E-state index in [-0.39, 0.29) is 23.1 Å². The molecule has 0 bridgehead atoms. The molecule has 112 valence electrons. The van der Waals surface area contributed by atoms with Gasteiger partial charge in [0.1, 0.15) is 16.3 Å². The van der Waals surface area contributed by atoms with Gasteiger partial charge in [0.05, 0.1) is 5.69 Å². The standard InChI is InChI=1S/C12H13N3O5S/c1-6-4-8(13-20-6)19-5-9(16)15(3)11-10(12(17)18)7(2)14-21-11/h4H,5H2,1-3H3,(H,17,18). The molecule has 21 heavy (non-hydrogen) atoms. The predicted molar refractivity (Wildman–Crippen MR) is 74.0 cm³/mol. The minimum Gasteiger partial charge on any atom is -0.478 e. The zero-order valence-corrected chi connectivity index (χ0v) is 12.4. The summed E-state index contributed by atoms with van der Waals surface area (Å²) in [4.78, 5) is 24.4. The fraction of sp³-hybridized carbons (Fsp3) is 0.333. The summed E-state index contributed by atoms with van der Waals surface area (Å²) in [6, 6.07) is 1.55. The molecule has 0 spiro atoms. The number of aromatic carboxylic acids is 1. The van der Waals surface area contributed by atoms with Crippen LogP contribution < -0.4 is 9.64 Å². The van der Waals surface area contributed by atoms with Crippen LogP contribution in [0.25, 0.3) is 0 Å². The van der Waals surface area contributed by atoms with Crippen molar-refractivity contribution in [1.29, 1.82) is 0 Å².